The second-order valence-electron chi connectivity index (χ2n) is 6.61. The van der Waals surface area contributed by atoms with Crippen molar-refractivity contribution < 1.29 is 9.59 Å². The number of para-hydroxylation sites is 1. The van der Waals surface area contributed by atoms with Gasteiger partial charge in [0.15, 0.2) is 0 Å². The monoisotopic (exact) mass is 372 g/mol. The van der Waals surface area contributed by atoms with Gasteiger partial charge in [-0.05, 0) is 35.2 Å². The first kappa shape index (κ1) is 20.0. The van der Waals surface area contributed by atoms with Crippen LogP contribution in [0.15, 0.2) is 48.5 Å². The molecule has 0 bridgehead atoms. The van der Waals surface area contributed by atoms with Gasteiger partial charge in [-0.15, -0.1) is 0 Å². The maximum absolute atomic E-state index is 12.3. The van der Waals surface area contributed by atoms with Crippen molar-refractivity contribution in [3.05, 3.63) is 64.7 Å². The van der Waals surface area contributed by atoms with Gasteiger partial charge in [0.25, 0.3) is 0 Å². The second kappa shape index (κ2) is 9.39. The van der Waals surface area contributed by atoms with Crippen LogP contribution in [0.2, 0.25) is 5.02 Å². The van der Waals surface area contributed by atoms with Crippen molar-refractivity contribution in [2.75, 3.05) is 11.9 Å². The maximum atomic E-state index is 12.3. The number of hydrogen-bond donors (Lipinski definition) is 1. The van der Waals surface area contributed by atoms with E-state index >= 15 is 0 Å². The highest BCUT2D eigenvalue weighted by molar-refractivity contribution is 6.30. The molecule has 2 amide bonds. The molecule has 0 aliphatic rings. The third-order valence-corrected chi connectivity index (χ3v) is 4.45. The van der Waals surface area contributed by atoms with E-state index in [-0.39, 0.29) is 18.2 Å². The fourth-order valence-electron chi connectivity index (χ4n) is 2.72. The van der Waals surface area contributed by atoms with E-state index in [0.717, 1.165) is 16.8 Å². The molecule has 0 heterocycles. The molecule has 0 unspecified atom stereocenters. The molecule has 0 aliphatic heterocycles. The van der Waals surface area contributed by atoms with Crippen LogP contribution in [0.1, 0.15) is 44.2 Å². The summed E-state index contributed by atoms with van der Waals surface area (Å²) in [4.78, 5) is 25.9. The third-order valence-electron chi connectivity index (χ3n) is 4.20. The smallest absolute Gasteiger partial charge is 0.226 e. The molecule has 0 saturated carbocycles. The van der Waals surface area contributed by atoms with Gasteiger partial charge in [0, 0.05) is 37.1 Å². The van der Waals surface area contributed by atoms with E-state index in [0.29, 0.717) is 24.0 Å². The zero-order valence-electron chi connectivity index (χ0n) is 15.5. The van der Waals surface area contributed by atoms with E-state index in [1.807, 2.05) is 36.4 Å². The van der Waals surface area contributed by atoms with Crippen LogP contribution in [0.5, 0.6) is 0 Å². The number of nitrogens with one attached hydrogen (secondary N) is 1. The fourth-order valence-corrected chi connectivity index (χ4v) is 2.85. The van der Waals surface area contributed by atoms with Gasteiger partial charge in [0.1, 0.15) is 0 Å². The summed E-state index contributed by atoms with van der Waals surface area (Å²) in [6.07, 6.45) is 0.250. The average Bonchev–Trinajstić information content (AvgIpc) is 2.60. The molecule has 138 valence electrons. The zero-order valence-corrected chi connectivity index (χ0v) is 16.2. The van der Waals surface area contributed by atoms with Crippen LogP contribution in [0.4, 0.5) is 5.69 Å². The minimum Gasteiger partial charge on any atom is -0.338 e. The van der Waals surface area contributed by atoms with Crippen molar-refractivity contribution in [1.29, 1.82) is 0 Å². The van der Waals surface area contributed by atoms with E-state index in [9.17, 15) is 9.59 Å². The van der Waals surface area contributed by atoms with Gasteiger partial charge >= 0.3 is 0 Å². The van der Waals surface area contributed by atoms with Crippen LogP contribution in [-0.2, 0) is 16.1 Å². The van der Waals surface area contributed by atoms with Crippen LogP contribution < -0.4 is 5.32 Å². The van der Waals surface area contributed by atoms with Crippen molar-refractivity contribution in [3.8, 4) is 0 Å². The van der Waals surface area contributed by atoms with E-state index in [2.05, 4.69) is 19.2 Å². The number of rotatable bonds is 7. The molecule has 0 saturated heterocycles. The summed E-state index contributed by atoms with van der Waals surface area (Å²) in [5.41, 5.74) is 2.92. The minimum atomic E-state index is -0.0968. The topological polar surface area (TPSA) is 49.4 Å². The molecule has 0 fully saturated rings. The van der Waals surface area contributed by atoms with E-state index < -0.39 is 0 Å². The highest BCUT2D eigenvalue weighted by atomic mass is 35.5. The maximum Gasteiger partial charge on any atom is 0.226 e. The van der Waals surface area contributed by atoms with E-state index in [1.165, 1.54) is 6.92 Å². The zero-order chi connectivity index (χ0) is 19.1. The van der Waals surface area contributed by atoms with Crippen LogP contribution in [0.3, 0.4) is 0 Å². The Morgan fingerprint density at radius 2 is 1.73 bits per heavy atom. The molecule has 2 aromatic carbocycles. The summed E-state index contributed by atoms with van der Waals surface area (Å²) in [5.74, 6) is 0.168. The van der Waals surface area contributed by atoms with Crippen molar-refractivity contribution in [2.24, 2.45) is 0 Å². The Kier molecular flexibility index (Phi) is 7.22. The number of amides is 2. The summed E-state index contributed by atoms with van der Waals surface area (Å²) in [6.45, 7) is 6.53. The van der Waals surface area contributed by atoms with E-state index in [4.69, 9.17) is 11.6 Å². The van der Waals surface area contributed by atoms with Crippen molar-refractivity contribution in [3.63, 3.8) is 0 Å². The molecule has 0 radical (unpaired) electrons. The molecule has 26 heavy (non-hydrogen) atoms. The van der Waals surface area contributed by atoms with Crippen LogP contribution in [0, 0.1) is 0 Å². The van der Waals surface area contributed by atoms with Gasteiger partial charge in [-0.2, -0.15) is 0 Å². The average molecular weight is 373 g/mol. The predicted octanol–water partition coefficient (Wildman–Crippen LogP) is 4.84. The minimum absolute atomic E-state index is 0.0599. The van der Waals surface area contributed by atoms with Crippen molar-refractivity contribution in [2.45, 2.75) is 39.7 Å². The van der Waals surface area contributed by atoms with Gasteiger partial charge in [-0.1, -0.05) is 55.8 Å². The Hall–Kier alpha value is -2.33. The molecule has 0 aromatic heterocycles. The Morgan fingerprint density at radius 1 is 1.08 bits per heavy atom. The van der Waals surface area contributed by atoms with Crippen molar-refractivity contribution in [1.82, 2.24) is 4.90 Å². The van der Waals surface area contributed by atoms with Gasteiger partial charge in [-0.25, -0.2) is 0 Å². The largest absolute Gasteiger partial charge is 0.338 e. The summed E-state index contributed by atoms with van der Waals surface area (Å²) in [6, 6.07) is 15.2. The number of benzene rings is 2. The summed E-state index contributed by atoms with van der Waals surface area (Å²) in [7, 11) is 0. The molecular weight excluding hydrogens is 348 g/mol. The summed E-state index contributed by atoms with van der Waals surface area (Å²) >= 11 is 5.89. The van der Waals surface area contributed by atoms with Crippen LogP contribution in [-0.4, -0.2) is 23.3 Å². The third kappa shape index (κ3) is 5.88. The lowest BCUT2D eigenvalue weighted by Gasteiger charge is -2.21. The normalized spacial score (nSPS) is 10.7. The summed E-state index contributed by atoms with van der Waals surface area (Å²) in [5, 5.41) is 3.62. The molecule has 0 atom stereocenters. The first-order valence-electron chi connectivity index (χ1n) is 8.75. The highest BCUT2D eigenvalue weighted by Crippen LogP contribution is 2.23. The van der Waals surface area contributed by atoms with Gasteiger partial charge in [0.2, 0.25) is 11.8 Å². The molecule has 2 rings (SSSR count). The quantitative estimate of drug-likeness (QED) is 0.755. The van der Waals surface area contributed by atoms with Gasteiger partial charge in [-0.3, -0.25) is 9.59 Å². The lowest BCUT2D eigenvalue weighted by atomic mass is 10.0. The number of nitrogens with zero attached hydrogens (tertiary/aromatic N) is 1. The van der Waals surface area contributed by atoms with Gasteiger partial charge in [0.05, 0.1) is 0 Å². The first-order valence-corrected chi connectivity index (χ1v) is 9.13. The Labute approximate surface area is 160 Å². The Bertz CT molecular complexity index is 757. The number of hydrogen-bond acceptors (Lipinski definition) is 2. The van der Waals surface area contributed by atoms with Crippen LogP contribution >= 0.6 is 11.6 Å². The predicted molar refractivity (Wildman–Crippen MR) is 106 cm³/mol. The van der Waals surface area contributed by atoms with Gasteiger partial charge < -0.3 is 10.2 Å². The Balaban J connectivity index is 1.95. The number of carbonyl (C=O) groups excluding carboxylic acids is 2. The summed E-state index contributed by atoms with van der Waals surface area (Å²) < 4.78 is 0. The molecule has 0 aliphatic carbocycles. The molecule has 5 heteroatoms. The standard InChI is InChI=1S/C21H25ClN2O2/c1-15(2)19-6-4-5-7-20(19)23-21(26)12-13-24(16(3)25)14-17-8-10-18(22)11-9-17/h4-11,15H,12-14H2,1-3H3,(H,23,26). The van der Waals surface area contributed by atoms with Crippen molar-refractivity contribution >= 4 is 29.1 Å². The SMILES string of the molecule is CC(=O)N(CCC(=O)Nc1ccccc1C(C)C)Cc1ccc(Cl)cc1. The number of carbonyl (C=O) groups is 2. The molecule has 1 N–H and O–H groups in total. The molecular formula is C21H25ClN2O2. The van der Waals surface area contributed by atoms with E-state index in [1.54, 1.807) is 17.0 Å². The number of halogens is 1. The number of anilines is 1. The lowest BCUT2D eigenvalue weighted by molar-refractivity contribution is -0.129. The molecule has 2 aromatic rings. The lowest BCUT2D eigenvalue weighted by Crippen LogP contribution is -2.31. The second-order valence-corrected chi connectivity index (χ2v) is 7.04. The first-order chi connectivity index (χ1) is 12.4. The molecule has 4 nitrogen and oxygen atoms in total. The highest BCUT2D eigenvalue weighted by Gasteiger charge is 2.13. The fraction of sp³-hybridized carbons (Fsp3) is 0.333. The Morgan fingerprint density at radius 3 is 2.35 bits per heavy atom. The van der Waals surface area contributed by atoms with Crippen LogP contribution in [0.25, 0.3) is 0 Å². The molecule has 0 spiro atoms.